The lowest BCUT2D eigenvalue weighted by molar-refractivity contribution is -0.387. The standard InChI is InChI=1S/C20H16N2O6S2/c1-12-11-29-20(21-12)30-18-8-5-14(9-16(18)22(25)26)19(24)28-10-17(23)13-3-6-15(27-2)7-4-13/h3-9,11H,10H2,1-2H3. The lowest BCUT2D eigenvalue weighted by Gasteiger charge is -2.07. The van der Waals surface area contributed by atoms with Gasteiger partial charge in [0, 0.05) is 22.7 Å². The monoisotopic (exact) mass is 444 g/mol. The minimum Gasteiger partial charge on any atom is -0.497 e. The minimum absolute atomic E-state index is 0.0103. The maximum Gasteiger partial charge on any atom is 0.338 e. The average molecular weight is 444 g/mol. The van der Waals surface area contributed by atoms with Crippen LogP contribution < -0.4 is 4.74 Å². The Morgan fingerprint density at radius 1 is 1.17 bits per heavy atom. The van der Waals surface area contributed by atoms with Crippen molar-refractivity contribution < 1.29 is 24.0 Å². The predicted molar refractivity (Wildman–Crippen MR) is 112 cm³/mol. The van der Waals surface area contributed by atoms with Crippen LogP contribution in [0.3, 0.4) is 0 Å². The van der Waals surface area contributed by atoms with E-state index in [0.717, 1.165) is 23.5 Å². The smallest absolute Gasteiger partial charge is 0.338 e. The second-order valence-electron chi connectivity index (χ2n) is 6.02. The van der Waals surface area contributed by atoms with Crippen LogP contribution >= 0.6 is 23.1 Å². The van der Waals surface area contributed by atoms with E-state index in [9.17, 15) is 19.7 Å². The molecule has 1 aromatic heterocycles. The molecule has 0 amide bonds. The van der Waals surface area contributed by atoms with Gasteiger partial charge < -0.3 is 9.47 Å². The summed E-state index contributed by atoms with van der Waals surface area (Å²) in [5.74, 6) is -0.616. The molecule has 0 radical (unpaired) electrons. The van der Waals surface area contributed by atoms with Crippen molar-refractivity contribution in [1.29, 1.82) is 0 Å². The van der Waals surface area contributed by atoms with Gasteiger partial charge in [-0.2, -0.15) is 0 Å². The summed E-state index contributed by atoms with van der Waals surface area (Å²) in [6, 6.07) is 10.4. The Kier molecular flexibility index (Phi) is 6.80. The van der Waals surface area contributed by atoms with Crippen molar-refractivity contribution in [2.24, 2.45) is 0 Å². The van der Waals surface area contributed by atoms with Crippen molar-refractivity contribution in [3.8, 4) is 5.75 Å². The summed E-state index contributed by atoms with van der Waals surface area (Å²) >= 11 is 2.53. The average Bonchev–Trinajstić information content (AvgIpc) is 3.16. The third-order valence-electron chi connectivity index (χ3n) is 3.93. The van der Waals surface area contributed by atoms with Crippen LogP contribution in [0.1, 0.15) is 26.4 Å². The molecule has 0 aliphatic carbocycles. The number of thiazole rings is 1. The number of carbonyl (C=O) groups excluding carboxylic acids is 2. The van der Waals surface area contributed by atoms with Crippen molar-refractivity contribution in [1.82, 2.24) is 4.98 Å². The van der Waals surface area contributed by atoms with E-state index in [1.54, 1.807) is 24.3 Å². The SMILES string of the molecule is COc1ccc(C(=O)COC(=O)c2ccc(Sc3nc(C)cs3)c([N+](=O)[O-])c2)cc1. The van der Waals surface area contributed by atoms with Gasteiger partial charge in [-0.15, -0.1) is 11.3 Å². The first-order valence-corrected chi connectivity index (χ1v) is 10.3. The van der Waals surface area contributed by atoms with Crippen LogP contribution in [0.2, 0.25) is 0 Å². The second kappa shape index (κ2) is 9.51. The molecule has 0 aliphatic heterocycles. The van der Waals surface area contributed by atoms with Crippen molar-refractivity contribution in [2.45, 2.75) is 16.2 Å². The summed E-state index contributed by atoms with van der Waals surface area (Å²) in [5, 5.41) is 13.3. The first-order chi connectivity index (χ1) is 14.4. The number of carbonyl (C=O) groups is 2. The molecule has 0 bridgehead atoms. The number of methoxy groups -OCH3 is 1. The van der Waals surface area contributed by atoms with E-state index in [4.69, 9.17) is 9.47 Å². The number of esters is 1. The zero-order valence-corrected chi connectivity index (χ0v) is 17.6. The third-order valence-corrected chi connectivity index (χ3v) is 6.05. The van der Waals surface area contributed by atoms with E-state index >= 15 is 0 Å². The van der Waals surface area contributed by atoms with Gasteiger partial charge in [-0.3, -0.25) is 14.9 Å². The molecule has 0 saturated carbocycles. The number of hydrogen-bond donors (Lipinski definition) is 0. The Morgan fingerprint density at radius 2 is 1.87 bits per heavy atom. The number of nitro groups is 1. The number of nitrogens with zero attached hydrogens (tertiary/aromatic N) is 2. The number of ether oxygens (including phenoxy) is 2. The number of aromatic nitrogens is 1. The minimum atomic E-state index is -0.818. The molecule has 3 rings (SSSR count). The Labute approximate surface area is 180 Å². The van der Waals surface area contributed by atoms with E-state index in [1.807, 2.05) is 12.3 Å². The number of aryl methyl sites for hydroxylation is 1. The molecular weight excluding hydrogens is 428 g/mol. The fourth-order valence-corrected chi connectivity index (χ4v) is 4.30. The zero-order chi connectivity index (χ0) is 21.7. The molecule has 0 unspecified atom stereocenters. The van der Waals surface area contributed by atoms with Crippen LogP contribution in [0.4, 0.5) is 5.69 Å². The van der Waals surface area contributed by atoms with E-state index in [1.165, 1.54) is 30.6 Å². The number of benzene rings is 2. The molecule has 30 heavy (non-hydrogen) atoms. The number of Topliss-reactive ketones (excluding diaryl/α,β-unsaturated/α-hetero) is 1. The van der Waals surface area contributed by atoms with Crippen molar-refractivity contribution in [3.63, 3.8) is 0 Å². The molecule has 0 N–H and O–H groups in total. The molecular formula is C20H16N2O6S2. The predicted octanol–water partition coefficient (Wildman–Crippen LogP) is 4.56. The molecule has 8 nitrogen and oxygen atoms in total. The third kappa shape index (κ3) is 5.22. The second-order valence-corrected chi connectivity index (χ2v) is 8.17. The van der Waals surface area contributed by atoms with Gasteiger partial charge >= 0.3 is 5.97 Å². The molecule has 154 valence electrons. The lowest BCUT2D eigenvalue weighted by Crippen LogP contribution is -2.14. The number of hydrogen-bond acceptors (Lipinski definition) is 9. The first kappa shape index (κ1) is 21.5. The number of rotatable bonds is 8. The maximum absolute atomic E-state index is 12.3. The Balaban J connectivity index is 1.69. The Morgan fingerprint density at radius 3 is 2.47 bits per heavy atom. The summed E-state index contributed by atoms with van der Waals surface area (Å²) in [6.45, 7) is 1.36. The summed E-state index contributed by atoms with van der Waals surface area (Å²) in [6.07, 6.45) is 0. The lowest BCUT2D eigenvalue weighted by atomic mass is 10.1. The normalized spacial score (nSPS) is 10.5. The number of nitro benzene ring substituents is 1. The summed E-state index contributed by atoms with van der Waals surface area (Å²) in [5.41, 5.74) is 0.944. The highest BCUT2D eigenvalue weighted by Crippen LogP contribution is 2.36. The van der Waals surface area contributed by atoms with Gasteiger partial charge in [0.25, 0.3) is 5.69 Å². The Bertz CT molecular complexity index is 1090. The van der Waals surface area contributed by atoms with Gasteiger partial charge in [0.2, 0.25) is 0 Å². The fraction of sp³-hybridized carbons (Fsp3) is 0.150. The van der Waals surface area contributed by atoms with Crippen LogP contribution in [0, 0.1) is 17.0 Å². The molecule has 3 aromatic rings. The summed E-state index contributed by atoms with van der Waals surface area (Å²) in [4.78, 5) is 40.0. The molecule has 0 spiro atoms. The molecule has 0 atom stereocenters. The summed E-state index contributed by atoms with van der Waals surface area (Å²) in [7, 11) is 1.51. The van der Waals surface area contributed by atoms with Crippen LogP contribution in [0.5, 0.6) is 5.75 Å². The van der Waals surface area contributed by atoms with Crippen molar-refractivity contribution in [3.05, 3.63) is 74.8 Å². The van der Waals surface area contributed by atoms with Gasteiger partial charge in [0.15, 0.2) is 16.7 Å². The van der Waals surface area contributed by atoms with Gasteiger partial charge in [-0.25, -0.2) is 9.78 Å². The number of ketones is 1. The first-order valence-electron chi connectivity index (χ1n) is 8.60. The van der Waals surface area contributed by atoms with Crippen molar-refractivity contribution in [2.75, 3.05) is 13.7 Å². The van der Waals surface area contributed by atoms with Crippen LogP contribution in [-0.4, -0.2) is 35.4 Å². The molecule has 0 fully saturated rings. The molecule has 10 heteroatoms. The highest BCUT2D eigenvalue weighted by Gasteiger charge is 2.21. The maximum atomic E-state index is 12.3. The van der Waals surface area contributed by atoms with Gasteiger partial charge in [0.05, 0.1) is 22.5 Å². The van der Waals surface area contributed by atoms with Crippen LogP contribution in [0.15, 0.2) is 57.1 Å². The Hall–Kier alpha value is -3.24. The van der Waals surface area contributed by atoms with Crippen molar-refractivity contribution >= 4 is 40.5 Å². The largest absolute Gasteiger partial charge is 0.497 e. The summed E-state index contributed by atoms with van der Waals surface area (Å²) < 4.78 is 10.7. The highest BCUT2D eigenvalue weighted by molar-refractivity contribution is 8.01. The molecule has 0 saturated heterocycles. The van der Waals surface area contributed by atoms with Gasteiger partial charge in [-0.05, 0) is 43.3 Å². The highest BCUT2D eigenvalue weighted by atomic mass is 32.2. The van der Waals surface area contributed by atoms with Crippen LogP contribution in [-0.2, 0) is 4.74 Å². The van der Waals surface area contributed by atoms with E-state index in [2.05, 4.69) is 4.98 Å². The topological polar surface area (TPSA) is 109 Å². The molecule has 1 heterocycles. The zero-order valence-electron chi connectivity index (χ0n) is 16.0. The van der Waals surface area contributed by atoms with E-state index in [0.29, 0.717) is 20.5 Å². The quantitative estimate of drug-likeness (QED) is 0.215. The van der Waals surface area contributed by atoms with Crippen LogP contribution in [0.25, 0.3) is 0 Å². The molecule has 2 aromatic carbocycles. The fourth-order valence-electron chi connectivity index (χ4n) is 2.42. The van der Waals surface area contributed by atoms with Gasteiger partial charge in [0.1, 0.15) is 5.75 Å². The van der Waals surface area contributed by atoms with E-state index < -0.39 is 23.3 Å². The van der Waals surface area contributed by atoms with Gasteiger partial charge in [-0.1, -0.05) is 11.8 Å². The van der Waals surface area contributed by atoms with E-state index in [-0.39, 0.29) is 11.3 Å². The molecule has 0 aliphatic rings.